The molecule has 0 atom stereocenters. The molecule has 1 N–H and O–H groups in total. The van der Waals surface area contributed by atoms with Gasteiger partial charge in [-0.3, -0.25) is 9.69 Å². The van der Waals surface area contributed by atoms with Crippen molar-refractivity contribution >= 4 is 39.8 Å². The third-order valence-electron chi connectivity index (χ3n) is 7.38. The van der Waals surface area contributed by atoms with Crippen molar-refractivity contribution in [2.24, 2.45) is 13.0 Å². The SMILES string of the molecule is CCc1cc(C#N)c(F)cc1Nc1cc2c(ncn2C)c(N(Cc2ccc(C3=C[CH]3)cc2OC)C(=O)C2CC2)n1. The summed E-state index contributed by atoms with van der Waals surface area (Å²) in [5, 5.41) is 12.5. The number of methoxy groups -OCH3 is 1. The molecule has 0 saturated heterocycles. The van der Waals surface area contributed by atoms with Crippen LogP contribution >= 0.6 is 0 Å². The molecule has 2 aliphatic carbocycles. The lowest BCUT2D eigenvalue weighted by molar-refractivity contribution is -0.119. The molecule has 1 radical (unpaired) electrons. The second-order valence-electron chi connectivity index (χ2n) is 10.1. The first-order valence-corrected chi connectivity index (χ1v) is 13.3. The van der Waals surface area contributed by atoms with Crippen molar-refractivity contribution in [3.8, 4) is 11.8 Å². The number of pyridine rings is 1. The van der Waals surface area contributed by atoms with E-state index in [-0.39, 0.29) is 23.9 Å². The number of halogens is 1. The van der Waals surface area contributed by atoms with Gasteiger partial charge in [0.2, 0.25) is 5.91 Å². The smallest absolute Gasteiger partial charge is 0.231 e. The normalized spacial score (nSPS) is 14.0. The van der Waals surface area contributed by atoms with Crippen LogP contribution < -0.4 is 15.0 Å². The fraction of sp³-hybridized carbons (Fsp3) is 0.258. The molecule has 0 aliphatic heterocycles. The van der Waals surface area contributed by atoms with Crippen LogP contribution in [0.4, 0.5) is 21.7 Å². The number of amides is 1. The maximum atomic E-state index is 14.6. The highest BCUT2D eigenvalue weighted by atomic mass is 19.1. The molecule has 2 aromatic heterocycles. The van der Waals surface area contributed by atoms with Gasteiger partial charge in [0.25, 0.3) is 0 Å². The number of hydrogen-bond acceptors (Lipinski definition) is 6. The van der Waals surface area contributed by atoms with E-state index in [0.717, 1.165) is 40.6 Å². The molecule has 2 aromatic carbocycles. The zero-order chi connectivity index (χ0) is 28.0. The molecule has 201 valence electrons. The minimum absolute atomic E-state index is 0.00447. The second kappa shape index (κ2) is 10.1. The number of hydrogen-bond donors (Lipinski definition) is 1. The summed E-state index contributed by atoms with van der Waals surface area (Å²) in [4.78, 5) is 24.9. The van der Waals surface area contributed by atoms with E-state index < -0.39 is 5.82 Å². The largest absolute Gasteiger partial charge is 0.496 e. The fourth-order valence-corrected chi connectivity index (χ4v) is 4.88. The van der Waals surface area contributed by atoms with Crippen molar-refractivity contribution in [1.29, 1.82) is 5.26 Å². The molecule has 9 heteroatoms. The number of ether oxygens (including phenoxy) is 1. The van der Waals surface area contributed by atoms with Crippen LogP contribution in [-0.4, -0.2) is 27.6 Å². The number of aromatic nitrogens is 3. The molecule has 1 fully saturated rings. The number of nitrogens with one attached hydrogen (secondary N) is 1. The van der Waals surface area contributed by atoms with Crippen LogP contribution in [-0.2, 0) is 24.8 Å². The maximum absolute atomic E-state index is 14.6. The molecule has 2 heterocycles. The van der Waals surface area contributed by atoms with Crippen LogP contribution in [0.25, 0.3) is 16.6 Å². The van der Waals surface area contributed by atoms with Crippen molar-refractivity contribution in [2.75, 3.05) is 17.3 Å². The first-order chi connectivity index (χ1) is 19.4. The summed E-state index contributed by atoms with van der Waals surface area (Å²) in [6.07, 6.45) is 8.04. The Balaban J connectivity index is 1.44. The lowest BCUT2D eigenvalue weighted by atomic mass is 10.1. The van der Waals surface area contributed by atoms with Gasteiger partial charge in [-0.25, -0.2) is 14.4 Å². The Morgan fingerprint density at radius 3 is 2.73 bits per heavy atom. The number of rotatable bonds is 9. The average molecular weight is 536 g/mol. The van der Waals surface area contributed by atoms with E-state index in [1.54, 1.807) is 24.4 Å². The Morgan fingerprint density at radius 2 is 2.05 bits per heavy atom. The van der Waals surface area contributed by atoms with Crippen LogP contribution in [0.5, 0.6) is 5.75 Å². The summed E-state index contributed by atoms with van der Waals surface area (Å²) >= 11 is 0. The molecule has 0 bridgehead atoms. The third kappa shape index (κ3) is 4.77. The highest BCUT2D eigenvalue weighted by Crippen LogP contribution is 2.38. The standard InChI is InChI=1S/C31H28FN6O2/c1-4-18-11-23(15-33)24(32)13-25(18)35-28-14-26-29(34-17-37(26)2)30(36-28)38(31(39)20-7-8-20)16-22-10-9-21(19-5-6-19)12-27(22)40-3/h5-6,9-14,17,20H,4,7-8,16H2,1-3H3,(H,35,36). The Labute approximate surface area is 231 Å². The average Bonchev–Trinajstić information content (AvgIpc) is 3.89. The van der Waals surface area contributed by atoms with E-state index >= 15 is 0 Å². The van der Waals surface area contributed by atoms with Crippen LogP contribution in [0.2, 0.25) is 0 Å². The van der Waals surface area contributed by atoms with Crippen molar-refractivity contribution in [3.05, 3.63) is 83.3 Å². The Morgan fingerprint density at radius 1 is 1.25 bits per heavy atom. The van der Waals surface area contributed by atoms with Gasteiger partial charge in [-0.1, -0.05) is 25.1 Å². The van der Waals surface area contributed by atoms with E-state index in [0.29, 0.717) is 35.0 Å². The van der Waals surface area contributed by atoms with Crippen molar-refractivity contribution in [2.45, 2.75) is 32.7 Å². The molecular formula is C31H28FN6O2. The van der Waals surface area contributed by atoms with Gasteiger partial charge in [0.15, 0.2) is 5.82 Å². The Kier molecular flexibility index (Phi) is 6.46. The molecule has 8 nitrogen and oxygen atoms in total. The van der Waals surface area contributed by atoms with E-state index in [1.807, 2.05) is 61.4 Å². The van der Waals surface area contributed by atoms with Crippen molar-refractivity contribution < 1.29 is 13.9 Å². The number of benzene rings is 2. The first kappa shape index (κ1) is 25.6. The van der Waals surface area contributed by atoms with Crippen LogP contribution in [0.15, 0.2) is 48.8 Å². The summed E-state index contributed by atoms with van der Waals surface area (Å²) < 4.78 is 22.2. The molecule has 6 rings (SSSR count). The number of nitriles is 1. The van der Waals surface area contributed by atoms with E-state index in [2.05, 4.69) is 10.3 Å². The van der Waals surface area contributed by atoms with E-state index in [9.17, 15) is 14.4 Å². The number of aryl methyl sites for hydroxylation is 2. The summed E-state index contributed by atoms with van der Waals surface area (Å²) in [5.41, 5.74) is 5.75. The molecule has 0 spiro atoms. The Hall–Kier alpha value is -4.71. The van der Waals surface area contributed by atoms with Gasteiger partial charge in [-0.2, -0.15) is 5.26 Å². The lowest BCUT2D eigenvalue weighted by Gasteiger charge is -2.24. The van der Waals surface area contributed by atoms with Crippen molar-refractivity contribution in [3.63, 3.8) is 0 Å². The summed E-state index contributed by atoms with van der Waals surface area (Å²) in [5.74, 6) is 0.878. The lowest BCUT2D eigenvalue weighted by Crippen LogP contribution is -2.33. The molecule has 4 aromatic rings. The maximum Gasteiger partial charge on any atom is 0.231 e. The monoisotopic (exact) mass is 535 g/mol. The van der Waals surface area contributed by atoms with Gasteiger partial charge in [-0.05, 0) is 54.2 Å². The summed E-state index contributed by atoms with van der Waals surface area (Å²) in [7, 11) is 3.50. The number of anilines is 3. The number of imidazole rings is 1. The van der Waals surface area contributed by atoms with Gasteiger partial charge in [0, 0.05) is 36.7 Å². The Bertz CT molecular complexity index is 1730. The summed E-state index contributed by atoms with van der Waals surface area (Å²) in [6.45, 7) is 2.20. The number of allylic oxidation sites excluding steroid dienone is 2. The van der Waals surface area contributed by atoms with Crippen LogP contribution in [0.1, 0.15) is 42.0 Å². The van der Waals surface area contributed by atoms with Gasteiger partial charge in [0.05, 0.1) is 31.1 Å². The molecule has 40 heavy (non-hydrogen) atoms. The van der Waals surface area contributed by atoms with Gasteiger partial charge < -0.3 is 14.6 Å². The highest BCUT2D eigenvalue weighted by molar-refractivity contribution is 6.02. The predicted octanol–water partition coefficient (Wildman–Crippen LogP) is 5.84. The van der Waals surface area contributed by atoms with Crippen LogP contribution in [0.3, 0.4) is 0 Å². The fourth-order valence-electron chi connectivity index (χ4n) is 4.88. The minimum Gasteiger partial charge on any atom is -0.496 e. The van der Waals surface area contributed by atoms with E-state index in [4.69, 9.17) is 9.72 Å². The number of fused-ring (bicyclic) bond motifs is 1. The van der Waals surface area contributed by atoms with Crippen LogP contribution in [0, 0.1) is 29.5 Å². The molecule has 1 saturated carbocycles. The van der Waals surface area contributed by atoms with Gasteiger partial charge in [0.1, 0.15) is 29.0 Å². The molecule has 2 aliphatic rings. The number of nitrogens with zero attached hydrogens (tertiary/aromatic N) is 5. The number of carbonyl (C=O) groups is 1. The second-order valence-corrected chi connectivity index (χ2v) is 10.1. The molecular weight excluding hydrogens is 507 g/mol. The van der Waals surface area contributed by atoms with E-state index in [1.165, 1.54) is 6.07 Å². The third-order valence-corrected chi connectivity index (χ3v) is 7.38. The van der Waals surface area contributed by atoms with Gasteiger partial charge in [-0.15, -0.1) is 0 Å². The predicted molar refractivity (Wildman–Crippen MR) is 151 cm³/mol. The highest BCUT2D eigenvalue weighted by Gasteiger charge is 2.36. The topological polar surface area (TPSA) is 96.1 Å². The molecule has 1 amide bonds. The quantitative estimate of drug-likeness (QED) is 0.289. The van der Waals surface area contributed by atoms with Gasteiger partial charge >= 0.3 is 0 Å². The zero-order valence-corrected chi connectivity index (χ0v) is 22.5. The number of carbonyl (C=O) groups excluding carboxylic acids is 1. The summed E-state index contributed by atoms with van der Waals surface area (Å²) in [6, 6.07) is 12.6. The van der Waals surface area contributed by atoms with Crippen molar-refractivity contribution in [1.82, 2.24) is 14.5 Å². The molecule has 0 unspecified atom stereocenters. The zero-order valence-electron chi connectivity index (χ0n) is 22.5. The minimum atomic E-state index is -0.607. The first-order valence-electron chi connectivity index (χ1n) is 13.3.